The van der Waals surface area contributed by atoms with Crippen molar-refractivity contribution in [2.45, 2.75) is 44.8 Å². The quantitative estimate of drug-likeness (QED) is 0.843. The molecule has 0 radical (unpaired) electrons. The second kappa shape index (κ2) is 5.29. The highest BCUT2D eigenvalue weighted by atomic mass is 32.2. The van der Waals surface area contributed by atoms with E-state index in [0.29, 0.717) is 12.4 Å². The van der Waals surface area contributed by atoms with Crippen LogP contribution in [0, 0.1) is 18.3 Å². The minimum absolute atomic E-state index is 0.00152. The molecule has 6 nitrogen and oxygen atoms in total. The molecule has 1 atom stereocenters. The molecule has 0 aliphatic rings. The van der Waals surface area contributed by atoms with E-state index in [4.69, 9.17) is 5.26 Å². The predicted octanol–water partition coefficient (Wildman–Crippen LogP) is 0.792. The number of hydrogen-bond donors (Lipinski definition) is 1. The molecule has 0 saturated carbocycles. The molecule has 1 N–H and O–H groups in total. The maximum absolute atomic E-state index is 11.9. The van der Waals surface area contributed by atoms with Crippen LogP contribution >= 0.6 is 0 Å². The average Bonchev–Trinajstić information content (AvgIpc) is 2.59. The summed E-state index contributed by atoms with van der Waals surface area (Å²) < 4.78 is 28.0. The number of nitrogens with one attached hydrogen (secondary N) is 1. The third-order valence-electron chi connectivity index (χ3n) is 2.32. The Morgan fingerprint density at radius 2 is 2.29 bits per heavy atom. The fraction of sp³-hybridized carbons (Fsp3) is 0.600. The summed E-state index contributed by atoms with van der Waals surface area (Å²) in [4.78, 5) is 4.00. The van der Waals surface area contributed by atoms with Crippen LogP contribution in [0.5, 0.6) is 0 Å². The molecule has 0 aliphatic heterocycles. The SMILES string of the molecule is CCn1cc(S(=O)(=O)NC(C)CC#N)nc1C. The first kappa shape index (κ1) is 13.7. The first-order valence-electron chi connectivity index (χ1n) is 5.33. The van der Waals surface area contributed by atoms with Crippen molar-refractivity contribution in [2.75, 3.05) is 0 Å². The molecule has 1 aromatic rings. The van der Waals surface area contributed by atoms with Crippen LogP contribution in [0.3, 0.4) is 0 Å². The Morgan fingerprint density at radius 3 is 2.76 bits per heavy atom. The van der Waals surface area contributed by atoms with Crippen molar-refractivity contribution >= 4 is 10.0 Å². The number of sulfonamides is 1. The summed E-state index contributed by atoms with van der Waals surface area (Å²) in [7, 11) is -3.63. The maximum Gasteiger partial charge on any atom is 0.259 e. The van der Waals surface area contributed by atoms with Gasteiger partial charge in [0.1, 0.15) is 5.82 Å². The number of aromatic nitrogens is 2. The zero-order valence-corrected chi connectivity index (χ0v) is 11.0. The van der Waals surface area contributed by atoms with E-state index in [-0.39, 0.29) is 11.4 Å². The molecule has 1 heterocycles. The molecule has 7 heteroatoms. The van der Waals surface area contributed by atoms with E-state index in [1.165, 1.54) is 6.20 Å². The first-order valence-corrected chi connectivity index (χ1v) is 6.82. The van der Waals surface area contributed by atoms with Crippen LogP contribution in [0.25, 0.3) is 0 Å². The molecule has 0 spiro atoms. The van der Waals surface area contributed by atoms with Crippen LogP contribution in [0.15, 0.2) is 11.2 Å². The molecule has 0 amide bonds. The predicted molar refractivity (Wildman–Crippen MR) is 62.7 cm³/mol. The number of hydrogen-bond acceptors (Lipinski definition) is 4. The zero-order valence-electron chi connectivity index (χ0n) is 10.1. The van der Waals surface area contributed by atoms with Gasteiger partial charge in [0.05, 0.1) is 12.5 Å². The van der Waals surface area contributed by atoms with E-state index in [1.807, 2.05) is 13.0 Å². The zero-order chi connectivity index (χ0) is 13.1. The Kier molecular flexibility index (Phi) is 4.26. The van der Waals surface area contributed by atoms with Gasteiger partial charge in [-0.25, -0.2) is 18.1 Å². The average molecular weight is 256 g/mol. The summed E-state index contributed by atoms with van der Waals surface area (Å²) in [6.45, 7) is 5.98. The Bertz CT molecular complexity index is 527. The van der Waals surface area contributed by atoms with Gasteiger partial charge in [0.25, 0.3) is 10.0 Å². The smallest absolute Gasteiger partial charge is 0.259 e. The number of nitrogens with zero attached hydrogens (tertiary/aromatic N) is 3. The molecule has 17 heavy (non-hydrogen) atoms. The van der Waals surface area contributed by atoms with Crippen LogP contribution < -0.4 is 4.72 Å². The molecule has 0 fully saturated rings. The van der Waals surface area contributed by atoms with E-state index < -0.39 is 16.1 Å². The largest absolute Gasteiger partial charge is 0.334 e. The summed E-state index contributed by atoms with van der Waals surface area (Å²) in [5.74, 6) is 0.654. The lowest BCUT2D eigenvalue weighted by Gasteiger charge is -2.08. The molecule has 1 unspecified atom stereocenters. The van der Waals surface area contributed by atoms with Gasteiger partial charge >= 0.3 is 0 Å². The molecule has 0 aliphatic carbocycles. The van der Waals surface area contributed by atoms with Crippen molar-refractivity contribution in [1.82, 2.24) is 14.3 Å². The van der Waals surface area contributed by atoms with Gasteiger partial charge in [-0.05, 0) is 20.8 Å². The monoisotopic (exact) mass is 256 g/mol. The summed E-state index contributed by atoms with van der Waals surface area (Å²) in [6.07, 6.45) is 1.63. The molecule has 0 aromatic carbocycles. The lowest BCUT2D eigenvalue weighted by atomic mass is 10.3. The van der Waals surface area contributed by atoms with Crippen molar-refractivity contribution in [3.8, 4) is 6.07 Å². The van der Waals surface area contributed by atoms with Crippen molar-refractivity contribution < 1.29 is 8.42 Å². The first-order chi connectivity index (χ1) is 7.90. The third-order valence-corrected chi connectivity index (χ3v) is 3.78. The lowest BCUT2D eigenvalue weighted by Crippen LogP contribution is -2.32. The Hall–Kier alpha value is -1.39. The minimum Gasteiger partial charge on any atom is -0.334 e. The van der Waals surface area contributed by atoms with Crippen LogP contribution in [0.4, 0.5) is 0 Å². The van der Waals surface area contributed by atoms with Crippen LogP contribution in [0.2, 0.25) is 0 Å². The Balaban J connectivity index is 2.94. The number of imidazole rings is 1. The van der Waals surface area contributed by atoms with Gasteiger partial charge in [-0.3, -0.25) is 0 Å². The van der Waals surface area contributed by atoms with E-state index in [1.54, 1.807) is 18.4 Å². The van der Waals surface area contributed by atoms with E-state index in [0.717, 1.165) is 0 Å². The van der Waals surface area contributed by atoms with Crippen molar-refractivity contribution in [1.29, 1.82) is 5.26 Å². The van der Waals surface area contributed by atoms with E-state index in [9.17, 15) is 8.42 Å². The normalized spacial score (nSPS) is 13.3. The van der Waals surface area contributed by atoms with Crippen LogP contribution in [-0.4, -0.2) is 24.0 Å². The van der Waals surface area contributed by atoms with E-state index in [2.05, 4.69) is 9.71 Å². The summed E-state index contributed by atoms with van der Waals surface area (Å²) in [5.41, 5.74) is 0. The van der Waals surface area contributed by atoms with Crippen molar-refractivity contribution in [3.63, 3.8) is 0 Å². The van der Waals surface area contributed by atoms with Crippen LogP contribution in [0.1, 0.15) is 26.1 Å². The summed E-state index contributed by atoms with van der Waals surface area (Å²) >= 11 is 0. The van der Waals surface area contributed by atoms with Crippen molar-refractivity contribution in [2.24, 2.45) is 0 Å². The van der Waals surface area contributed by atoms with E-state index >= 15 is 0 Å². The van der Waals surface area contributed by atoms with Gasteiger partial charge in [0, 0.05) is 18.8 Å². The second-order valence-electron chi connectivity index (χ2n) is 3.80. The minimum atomic E-state index is -3.63. The van der Waals surface area contributed by atoms with Gasteiger partial charge < -0.3 is 4.57 Å². The molecule has 0 bridgehead atoms. The number of nitriles is 1. The third kappa shape index (κ3) is 3.28. The fourth-order valence-corrected chi connectivity index (χ4v) is 2.68. The summed E-state index contributed by atoms with van der Waals surface area (Å²) in [6, 6.07) is 1.50. The van der Waals surface area contributed by atoms with Crippen molar-refractivity contribution in [3.05, 3.63) is 12.0 Å². The highest BCUT2D eigenvalue weighted by molar-refractivity contribution is 7.89. The highest BCUT2D eigenvalue weighted by Crippen LogP contribution is 2.10. The second-order valence-corrected chi connectivity index (χ2v) is 5.46. The van der Waals surface area contributed by atoms with Gasteiger partial charge in [-0.2, -0.15) is 5.26 Å². The summed E-state index contributed by atoms with van der Waals surface area (Å²) in [5, 5.41) is 8.49. The molecule has 1 aromatic heterocycles. The topological polar surface area (TPSA) is 87.8 Å². The Morgan fingerprint density at radius 1 is 1.65 bits per heavy atom. The van der Waals surface area contributed by atoms with Gasteiger partial charge in [0.15, 0.2) is 5.03 Å². The lowest BCUT2D eigenvalue weighted by molar-refractivity contribution is 0.560. The van der Waals surface area contributed by atoms with Gasteiger partial charge in [-0.15, -0.1) is 0 Å². The highest BCUT2D eigenvalue weighted by Gasteiger charge is 2.20. The van der Waals surface area contributed by atoms with Gasteiger partial charge in [0.2, 0.25) is 0 Å². The fourth-order valence-electron chi connectivity index (χ4n) is 1.43. The molecule has 1 rings (SSSR count). The number of rotatable bonds is 5. The molecular formula is C10H16N4O2S. The number of aryl methyl sites for hydroxylation is 2. The maximum atomic E-state index is 11.9. The molecule has 0 saturated heterocycles. The standard InChI is InChI=1S/C10H16N4O2S/c1-4-14-7-10(12-9(14)3)17(15,16)13-8(2)5-6-11/h7-8,13H,4-5H2,1-3H3. The molecular weight excluding hydrogens is 240 g/mol. The van der Waals surface area contributed by atoms with Crippen LogP contribution in [-0.2, 0) is 16.6 Å². The Labute approximate surface area is 101 Å². The molecule has 94 valence electrons. The van der Waals surface area contributed by atoms with Gasteiger partial charge in [-0.1, -0.05) is 0 Å².